The van der Waals surface area contributed by atoms with Gasteiger partial charge in [-0.05, 0) is 45.4 Å². The first-order valence-corrected chi connectivity index (χ1v) is 7.46. The Morgan fingerprint density at radius 2 is 2.05 bits per heavy atom. The number of ketones is 1. The molecule has 0 aliphatic carbocycles. The monoisotopic (exact) mass is 302 g/mol. The van der Waals surface area contributed by atoms with E-state index in [9.17, 15) is 9.59 Å². The highest BCUT2D eigenvalue weighted by Gasteiger charge is 2.30. The van der Waals surface area contributed by atoms with Crippen LogP contribution in [0.5, 0.6) is 0 Å². The van der Waals surface area contributed by atoms with Gasteiger partial charge in [-0.2, -0.15) is 0 Å². The van der Waals surface area contributed by atoms with E-state index in [1.54, 1.807) is 39.0 Å². The molecule has 1 aromatic rings. The maximum absolute atomic E-state index is 12.6. The van der Waals surface area contributed by atoms with Crippen molar-refractivity contribution in [3.63, 3.8) is 0 Å². The van der Waals surface area contributed by atoms with Crippen molar-refractivity contribution in [3.8, 4) is 0 Å². The van der Waals surface area contributed by atoms with Crippen molar-refractivity contribution in [1.29, 1.82) is 0 Å². The van der Waals surface area contributed by atoms with Crippen LogP contribution in [0.4, 0.5) is 5.69 Å². The first-order chi connectivity index (χ1) is 10.3. The molecule has 22 heavy (non-hydrogen) atoms. The van der Waals surface area contributed by atoms with Gasteiger partial charge in [-0.3, -0.25) is 9.79 Å². The number of hydrogen-bond donors (Lipinski definition) is 1. The molecule has 0 bridgehead atoms. The second kappa shape index (κ2) is 6.01. The molecule has 0 spiro atoms. The topological polar surface area (TPSA) is 81.8 Å². The van der Waals surface area contributed by atoms with Crippen LogP contribution in [0.3, 0.4) is 0 Å². The standard InChI is InChI=1S/C17H22N2O3/c1-5-13-12(9-18)15(20)11-8-10(6-7-14(11)19-13)16(21)22-17(2,3)4/h6-8,12H,5,9,18H2,1-4H3. The zero-order valence-corrected chi connectivity index (χ0v) is 13.5. The van der Waals surface area contributed by atoms with E-state index in [2.05, 4.69) is 4.99 Å². The van der Waals surface area contributed by atoms with Gasteiger partial charge in [-0.15, -0.1) is 0 Å². The van der Waals surface area contributed by atoms with Gasteiger partial charge in [0.25, 0.3) is 0 Å². The highest BCUT2D eigenvalue weighted by molar-refractivity contribution is 6.18. The molecule has 1 aliphatic heterocycles. The van der Waals surface area contributed by atoms with Gasteiger partial charge in [0.05, 0.1) is 17.2 Å². The van der Waals surface area contributed by atoms with Gasteiger partial charge < -0.3 is 10.5 Å². The van der Waals surface area contributed by atoms with Crippen molar-refractivity contribution in [3.05, 3.63) is 29.3 Å². The molecule has 1 aromatic carbocycles. The van der Waals surface area contributed by atoms with Gasteiger partial charge in [0, 0.05) is 17.8 Å². The summed E-state index contributed by atoms with van der Waals surface area (Å²) in [5, 5.41) is 0. The van der Waals surface area contributed by atoms with Crippen LogP contribution in [0.1, 0.15) is 54.8 Å². The lowest BCUT2D eigenvalue weighted by Gasteiger charge is -2.23. The molecule has 1 aliphatic rings. The second-order valence-electron chi connectivity index (χ2n) is 6.34. The van der Waals surface area contributed by atoms with Crippen LogP contribution in [0.25, 0.3) is 0 Å². The third-order valence-corrected chi connectivity index (χ3v) is 3.48. The zero-order valence-electron chi connectivity index (χ0n) is 13.5. The Hall–Kier alpha value is -2.01. The van der Waals surface area contributed by atoms with Gasteiger partial charge in [-0.25, -0.2) is 4.79 Å². The lowest BCUT2D eigenvalue weighted by atomic mass is 9.87. The molecule has 0 aromatic heterocycles. The number of carbonyl (C=O) groups is 2. The molecule has 0 saturated heterocycles. The number of rotatable bonds is 3. The molecular weight excluding hydrogens is 280 g/mol. The average molecular weight is 302 g/mol. The first-order valence-electron chi connectivity index (χ1n) is 7.46. The Morgan fingerprint density at radius 3 is 2.59 bits per heavy atom. The SMILES string of the molecule is CCC1=Nc2ccc(C(=O)OC(C)(C)C)cc2C(=O)C1CN. The van der Waals surface area contributed by atoms with Gasteiger partial charge >= 0.3 is 5.97 Å². The number of hydrogen-bond acceptors (Lipinski definition) is 5. The van der Waals surface area contributed by atoms with E-state index in [0.717, 1.165) is 5.71 Å². The van der Waals surface area contributed by atoms with E-state index >= 15 is 0 Å². The van der Waals surface area contributed by atoms with E-state index in [0.29, 0.717) is 23.2 Å². The van der Waals surface area contributed by atoms with E-state index in [-0.39, 0.29) is 12.3 Å². The molecule has 0 amide bonds. The fourth-order valence-corrected chi connectivity index (χ4v) is 2.44. The molecular formula is C17H22N2O3. The van der Waals surface area contributed by atoms with E-state index < -0.39 is 17.5 Å². The summed E-state index contributed by atoms with van der Waals surface area (Å²) in [5.74, 6) is -0.918. The van der Waals surface area contributed by atoms with E-state index in [1.807, 2.05) is 6.92 Å². The molecule has 2 N–H and O–H groups in total. The number of fused-ring (bicyclic) bond motifs is 1. The summed E-state index contributed by atoms with van der Waals surface area (Å²) in [5.41, 5.74) is 7.31. The highest BCUT2D eigenvalue weighted by atomic mass is 16.6. The van der Waals surface area contributed by atoms with Crippen LogP contribution in [0.2, 0.25) is 0 Å². The molecule has 0 saturated carbocycles. The van der Waals surface area contributed by atoms with Gasteiger partial charge in [0.15, 0.2) is 5.78 Å². The molecule has 2 rings (SSSR count). The predicted octanol–water partition coefficient (Wildman–Crippen LogP) is 2.90. The number of carbonyl (C=O) groups excluding carboxylic acids is 2. The quantitative estimate of drug-likeness (QED) is 0.870. The van der Waals surface area contributed by atoms with Crippen LogP contribution in [-0.4, -0.2) is 29.6 Å². The number of Topliss-reactive ketones (excluding diaryl/α,β-unsaturated/α-hetero) is 1. The molecule has 1 atom stereocenters. The number of ether oxygens (including phenoxy) is 1. The maximum Gasteiger partial charge on any atom is 0.338 e. The molecule has 1 unspecified atom stereocenters. The van der Waals surface area contributed by atoms with E-state index in [1.165, 1.54) is 0 Å². The minimum Gasteiger partial charge on any atom is -0.456 e. The van der Waals surface area contributed by atoms with E-state index in [4.69, 9.17) is 10.5 Å². The van der Waals surface area contributed by atoms with Crippen LogP contribution in [-0.2, 0) is 4.74 Å². The summed E-state index contributed by atoms with van der Waals surface area (Å²) in [6, 6.07) is 4.89. The van der Waals surface area contributed by atoms with Crippen molar-refractivity contribution in [2.75, 3.05) is 6.54 Å². The Bertz CT molecular complexity index is 642. The van der Waals surface area contributed by atoms with Crippen LogP contribution >= 0.6 is 0 Å². The number of esters is 1. The van der Waals surface area contributed by atoms with Crippen molar-refractivity contribution < 1.29 is 14.3 Å². The minimum absolute atomic E-state index is 0.0743. The summed E-state index contributed by atoms with van der Waals surface area (Å²) in [7, 11) is 0. The van der Waals surface area contributed by atoms with Crippen molar-refractivity contribution in [2.45, 2.75) is 39.7 Å². The Balaban J connectivity index is 2.40. The fourth-order valence-electron chi connectivity index (χ4n) is 2.44. The Labute approximate surface area is 130 Å². The molecule has 118 valence electrons. The summed E-state index contributed by atoms with van der Waals surface area (Å²) >= 11 is 0. The second-order valence-corrected chi connectivity index (χ2v) is 6.34. The lowest BCUT2D eigenvalue weighted by Crippen LogP contribution is -2.33. The minimum atomic E-state index is -0.579. The van der Waals surface area contributed by atoms with Crippen LogP contribution in [0, 0.1) is 5.92 Å². The number of nitrogens with zero attached hydrogens (tertiary/aromatic N) is 1. The van der Waals surface area contributed by atoms with Crippen LogP contribution < -0.4 is 5.73 Å². The third kappa shape index (κ3) is 3.25. The van der Waals surface area contributed by atoms with Crippen molar-refractivity contribution in [2.24, 2.45) is 16.6 Å². The smallest absolute Gasteiger partial charge is 0.338 e. The average Bonchev–Trinajstić information content (AvgIpc) is 2.44. The summed E-state index contributed by atoms with van der Waals surface area (Å²) in [6.45, 7) is 7.58. The number of nitrogens with two attached hydrogens (primary N) is 1. The first kappa shape index (κ1) is 16.4. The third-order valence-electron chi connectivity index (χ3n) is 3.48. The molecule has 5 nitrogen and oxygen atoms in total. The van der Waals surface area contributed by atoms with Crippen molar-refractivity contribution in [1.82, 2.24) is 0 Å². The lowest BCUT2D eigenvalue weighted by molar-refractivity contribution is 0.00695. The molecule has 1 heterocycles. The predicted molar refractivity (Wildman–Crippen MR) is 85.9 cm³/mol. The number of aliphatic imine (C=N–C) groups is 1. The summed E-state index contributed by atoms with van der Waals surface area (Å²) in [6.07, 6.45) is 0.681. The molecule has 0 fully saturated rings. The maximum atomic E-state index is 12.6. The summed E-state index contributed by atoms with van der Waals surface area (Å²) in [4.78, 5) is 29.2. The van der Waals surface area contributed by atoms with Gasteiger partial charge in [0.2, 0.25) is 0 Å². The largest absolute Gasteiger partial charge is 0.456 e. The zero-order chi connectivity index (χ0) is 16.5. The highest BCUT2D eigenvalue weighted by Crippen LogP contribution is 2.30. The Morgan fingerprint density at radius 1 is 1.36 bits per heavy atom. The van der Waals surface area contributed by atoms with Gasteiger partial charge in [-0.1, -0.05) is 6.92 Å². The molecule has 0 radical (unpaired) electrons. The Kier molecular flexibility index (Phi) is 4.47. The van der Waals surface area contributed by atoms with Crippen LogP contribution in [0.15, 0.2) is 23.2 Å². The summed E-state index contributed by atoms with van der Waals surface area (Å²) < 4.78 is 5.33. The molecule has 5 heteroatoms. The fraction of sp³-hybridized carbons (Fsp3) is 0.471. The van der Waals surface area contributed by atoms with Gasteiger partial charge in [0.1, 0.15) is 5.60 Å². The van der Waals surface area contributed by atoms with Crippen molar-refractivity contribution >= 4 is 23.2 Å². The number of benzene rings is 1. The normalized spacial score (nSPS) is 17.8.